The van der Waals surface area contributed by atoms with Crippen LogP contribution in [-0.4, -0.2) is 50.6 Å². The van der Waals surface area contributed by atoms with Gasteiger partial charge in [0.05, 0.1) is 25.2 Å². The molecule has 16 heavy (non-hydrogen) atoms. The van der Waals surface area contributed by atoms with E-state index in [9.17, 15) is 9.90 Å². The Hall–Kier alpha value is -0.650. The number of carbonyl (C=O) groups excluding carboxylic acids is 1. The summed E-state index contributed by atoms with van der Waals surface area (Å²) in [5, 5.41) is 12.4. The highest BCUT2D eigenvalue weighted by Crippen LogP contribution is 1.97. The maximum atomic E-state index is 11.2. The van der Waals surface area contributed by atoms with Crippen LogP contribution in [0.2, 0.25) is 0 Å². The number of carbonyl (C=O) groups is 1. The van der Waals surface area contributed by atoms with E-state index in [0.29, 0.717) is 32.7 Å². The molecule has 2 unspecified atom stereocenters. The van der Waals surface area contributed by atoms with Crippen LogP contribution < -0.4 is 5.32 Å². The fourth-order valence-electron chi connectivity index (χ4n) is 1.23. The first-order chi connectivity index (χ1) is 7.61. The van der Waals surface area contributed by atoms with E-state index in [0.717, 1.165) is 0 Å². The minimum atomic E-state index is -0.449. The van der Waals surface area contributed by atoms with Crippen molar-refractivity contribution < 1.29 is 19.4 Å². The quantitative estimate of drug-likeness (QED) is 0.439. The predicted octanol–water partition coefficient (Wildman–Crippen LogP) is 0.173. The number of rotatable bonds is 9. The van der Waals surface area contributed by atoms with Crippen LogP contribution in [0.4, 0.5) is 0 Å². The van der Waals surface area contributed by atoms with Crippen molar-refractivity contribution in [2.24, 2.45) is 5.92 Å². The van der Waals surface area contributed by atoms with Crippen LogP contribution in [0.25, 0.3) is 0 Å². The molecule has 0 spiro atoms. The number of esters is 1. The summed E-state index contributed by atoms with van der Waals surface area (Å²) in [5.74, 6) is -0.341. The molecule has 0 aliphatic heterocycles. The lowest BCUT2D eigenvalue weighted by Crippen LogP contribution is -2.30. The average molecular weight is 233 g/mol. The number of nitrogens with one attached hydrogen (secondary N) is 1. The van der Waals surface area contributed by atoms with E-state index in [1.807, 2.05) is 6.92 Å². The van der Waals surface area contributed by atoms with Gasteiger partial charge in [-0.3, -0.25) is 4.79 Å². The first kappa shape index (κ1) is 15.3. The number of hydrogen-bond donors (Lipinski definition) is 2. The Morgan fingerprint density at radius 2 is 2.19 bits per heavy atom. The molecule has 0 radical (unpaired) electrons. The second-order valence-corrected chi connectivity index (χ2v) is 3.76. The smallest absolute Gasteiger partial charge is 0.309 e. The first-order valence-electron chi connectivity index (χ1n) is 5.66. The molecule has 0 aromatic carbocycles. The first-order valence-corrected chi connectivity index (χ1v) is 5.66. The number of ether oxygens (including phenoxy) is 2. The van der Waals surface area contributed by atoms with Gasteiger partial charge in [0.2, 0.25) is 0 Å². The third-order valence-electron chi connectivity index (χ3n) is 2.15. The molecule has 0 aliphatic carbocycles. The summed E-state index contributed by atoms with van der Waals surface area (Å²) in [4.78, 5) is 11.2. The summed E-state index contributed by atoms with van der Waals surface area (Å²) in [7, 11) is 1.56. The molecule has 5 nitrogen and oxygen atoms in total. The van der Waals surface area contributed by atoms with Crippen molar-refractivity contribution in [3.05, 3.63) is 0 Å². The minimum Gasteiger partial charge on any atom is -0.466 e. The Morgan fingerprint density at radius 3 is 2.75 bits per heavy atom. The largest absolute Gasteiger partial charge is 0.466 e. The highest BCUT2D eigenvalue weighted by atomic mass is 16.5. The summed E-state index contributed by atoms with van der Waals surface area (Å²) >= 11 is 0. The monoisotopic (exact) mass is 233 g/mol. The van der Waals surface area contributed by atoms with Crippen molar-refractivity contribution in [1.82, 2.24) is 5.32 Å². The highest BCUT2D eigenvalue weighted by molar-refractivity contribution is 5.72. The van der Waals surface area contributed by atoms with Crippen molar-refractivity contribution in [3.63, 3.8) is 0 Å². The number of aliphatic hydroxyl groups is 1. The normalized spacial score (nSPS) is 14.5. The summed E-state index contributed by atoms with van der Waals surface area (Å²) < 4.78 is 9.67. The molecule has 0 saturated carbocycles. The van der Waals surface area contributed by atoms with Gasteiger partial charge in [0.1, 0.15) is 0 Å². The van der Waals surface area contributed by atoms with E-state index in [4.69, 9.17) is 9.47 Å². The van der Waals surface area contributed by atoms with Gasteiger partial charge in [-0.15, -0.1) is 0 Å². The molecule has 2 atom stereocenters. The van der Waals surface area contributed by atoms with Crippen LogP contribution in [0.3, 0.4) is 0 Å². The van der Waals surface area contributed by atoms with Crippen molar-refractivity contribution in [2.45, 2.75) is 26.4 Å². The Morgan fingerprint density at radius 1 is 1.50 bits per heavy atom. The van der Waals surface area contributed by atoms with Crippen molar-refractivity contribution >= 4 is 5.97 Å². The van der Waals surface area contributed by atoms with Crippen LogP contribution in [-0.2, 0) is 14.3 Å². The topological polar surface area (TPSA) is 67.8 Å². The van der Waals surface area contributed by atoms with Gasteiger partial charge >= 0.3 is 5.97 Å². The van der Waals surface area contributed by atoms with Crippen LogP contribution >= 0.6 is 0 Å². The molecule has 0 amide bonds. The minimum absolute atomic E-state index is 0.153. The molecule has 0 bridgehead atoms. The fraction of sp³-hybridized carbons (Fsp3) is 0.909. The maximum Gasteiger partial charge on any atom is 0.309 e. The molecule has 0 aromatic heterocycles. The fourth-order valence-corrected chi connectivity index (χ4v) is 1.23. The molecule has 0 fully saturated rings. The molecule has 2 N–H and O–H groups in total. The van der Waals surface area contributed by atoms with E-state index >= 15 is 0 Å². The predicted molar refractivity (Wildman–Crippen MR) is 61.2 cm³/mol. The van der Waals surface area contributed by atoms with E-state index < -0.39 is 6.10 Å². The van der Waals surface area contributed by atoms with E-state index in [2.05, 4.69) is 5.32 Å². The lowest BCUT2D eigenvalue weighted by molar-refractivity contribution is -0.147. The van der Waals surface area contributed by atoms with Crippen LogP contribution in [0.5, 0.6) is 0 Å². The summed E-state index contributed by atoms with van der Waals surface area (Å²) in [6.45, 7) is 5.59. The molecular formula is C11H23NO4. The van der Waals surface area contributed by atoms with E-state index in [1.165, 1.54) is 0 Å². The summed E-state index contributed by atoms with van der Waals surface area (Å²) in [6, 6.07) is 0. The van der Waals surface area contributed by atoms with Gasteiger partial charge in [-0.05, 0) is 19.9 Å². The molecule has 5 heteroatoms. The third-order valence-corrected chi connectivity index (χ3v) is 2.15. The second kappa shape index (κ2) is 9.57. The zero-order valence-corrected chi connectivity index (χ0v) is 10.4. The molecule has 0 saturated heterocycles. The van der Waals surface area contributed by atoms with Crippen LogP contribution in [0.1, 0.15) is 20.3 Å². The van der Waals surface area contributed by atoms with Crippen LogP contribution in [0, 0.1) is 5.92 Å². The van der Waals surface area contributed by atoms with Gasteiger partial charge in [-0.25, -0.2) is 0 Å². The van der Waals surface area contributed by atoms with Gasteiger partial charge in [-0.1, -0.05) is 6.92 Å². The number of aliphatic hydroxyl groups excluding tert-OH is 1. The second-order valence-electron chi connectivity index (χ2n) is 3.76. The Kier molecular flexibility index (Phi) is 9.18. The third kappa shape index (κ3) is 7.62. The van der Waals surface area contributed by atoms with Crippen LogP contribution in [0.15, 0.2) is 0 Å². The number of hydrogen-bond acceptors (Lipinski definition) is 5. The molecular weight excluding hydrogens is 210 g/mol. The average Bonchev–Trinajstić information content (AvgIpc) is 2.24. The zero-order chi connectivity index (χ0) is 12.4. The Balaban J connectivity index is 3.47. The van der Waals surface area contributed by atoms with Gasteiger partial charge in [0, 0.05) is 13.7 Å². The molecule has 96 valence electrons. The summed E-state index contributed by atoms with van der Waals surface area (Å²) in [5.41, 5.74) is 0. The van der Waals surface area contributed by atoms with Gasteiger partial charge < -0.3 is 19.9 Å². The lowest BCUT2D eigenvalue weighted by atomic mass is 10.2. The van der Waals surface area contributed by atoms with Gasteiger partial charge in [0.15, 0.2) is 0 Å². The molecule has 0 heterocycles. The standard InChI is InChI=1S/C11H23NO4/c1-4-16-11(14)9(2)7-12-6-5-10(13)8-15-3/h9-10,12-13H,4-8H2,1-3H3. The van der Waals surface area contributed by atoms with Crippen molar-refractivity contribution in [1.29, 1.82) is 0 Å². The van der Waals surface area contributed by atoms with Gasteiger partial charge in [-0.2, -0.15) is 0 Å². The highest BCUT2D eigenvalue weighted by Gasteiger charge is 2.13. The molecule has 0 aromatic rings. The van der Waals surface area contributed by atoms with Gasteiger partial charge in [0.25, 0.3) is 0 Å². The number of methoxy groups -OCH3 is 1. The lowest BCUT2D eigenvalue weighted by Gasteiger charge is -2.13. The van der Waals surface area contributed by atoms with E-state index in [-0.39, 0.29) is 11.9 Å². The zero-order valence-electron chi connectivity index (χ0n) is 10.4. The van der Waals surface area contributed by atoms with Crippen molar-refractivity contribution in [2.75, 3.05) is 33.4 Å². The Labute approximate surface area is 97.1 Å². The molecule has 0 aliphatic rings. The maximum absolute atomic E-state index is 11.2. The summed E-state index contributed by atoms with van der Waals surface area (Å²) in [6.07, 6.45) is 0.166. The molecule has 0 rings (SSSR count). The SMILES string of the molecule is CCOC(=O)C(C)CNCCC(O)COC. The van der Waals surface area contributed by atoms with E-state index in [1.54, 1.807) is 14.0 Å². The Bertz CT molecular complexity index is 187. The van der Waals surface area contributed by atoms with Crippen molar-refractivity contribution in [3.8, 4) is 0 Å².